The highest BCUT2D eigenvalue weighted by molar-refractivity contribution is 9.10. The van der Waals surface area contributed by atoms with Crippen LogP contribution in [0.5, 0.6) is 11.5 Å². The van der Waals surface area contributed by atoms with Crippen LogP contribution in [0.3, 0.4) is 0 Å². The van der Waals surface area contributed by atoms with E-state index in [2.05, 4.69) is 29.8 Å². The topological polar surface area (TPSA) is 29.5 Å². The lowest BCUT2D eigenvalue weighted by Gasteiger charge is -2.12. The van der Waals surface area contributed by atoms with Crippen LogP contribution in [-0.4, -0.2) is 12.2 Å². The standard InChI is InChI=1S/C12H17BrO2/c1-8(2)4-5-9-10(13)6-7-11(15-3)12(9)14/h6-8,14H,4-5H2,1-3H3. The van der Waals surface area contributed by atoms with Gasteiger partial charge in [-0.25, -0.2) is 0 Å². The molecule has 3 heteroatoms. The Kier molecular flexibility index (Phi) is 4.45. The highest BCUT2D eigenvalue weighted by atomic mass is 79.9. The number of rotatable bonds is 4. The van der Waals surface area contributed by atoms with E-state index in [1.165, 1.54) is 0 Å². The van der Waals surface area contributed by atoms with E-state index in [1.54, 1.807) is 13.2 Å². The van der Waals surface area contributed by atoms with E-state index in [0.29, 0.717) is 11.7 Å². The summed E-state index contributed by atoms with van der Waals surface area (Å²) >= 11 is 3.45. The summed E-state index contributed by atoms with van der Waals surface area (Å²) in [6.45, 7) is 4.34. The molecule has 84 valence electrons. The smallest absolute Gasteiger partial charge is 0.162 e. The molecule has 0 aliphatic heterocycles. The number of methoxy groups -OCH3 is 1. The Morgan fingerprint density at radius 3 is 2.60 bits per heavy atom. The molecule has 0 amide bonds. The van der Waals surface area contributed by atoms with Crippen molar-refractivity contribution in [2.75, 3.05) is 7.11 Å². The van der Waals surface area contributed by atoms with Gasteiger partial charge in [0.1, 0.15) is 0 Å². The quantitative estimate of drug-likeness (QED) is 0.905. The Balaban J connectivity index is 2.94. The largest absolute Gasteiger partial charge is 0.504 e. The molecule has 15 heavy (non-hydrogen) atoms. The predicted octanol–water partition coefficient (Wildman–Crippen LogP) is 3.75. The summed E-state index contributed by atoms with van der Waals surface area (Å²) in [7, 11) is 1.56. The first-order valence-corrected chi connectivity index (χ1v) is 5.90. The summed E-state index contributed by atoms with van der Waals surface area (Å²) in [5.41, 5.74) is 0.933. The lowest BCUT2D eigenvalue weighted by molar-refractivity contribution is 0.369. The lowest BCUT2D eigenvalue weighted by Crippen LogP contribution is -1.95. The van der Waals surface area contributed by atoms with Gasteiger partial charge in [0, 0.05) is 10.0 Å². The van der Waals surface area contributed by atoms with Gasteiger partial charge in [-0.15, -0.1) is 0 Å². The summed E-state index contributed by atoms with van der Waals surface area (Å²) in [4.78, 5) is 0. The number of phenols is 1. The number of phenolic OH excluding ortho intramolecular Hbond substituents is 1. The molecular weight excluding hydrogens is 256 g/mol. The van der Waals surface area contributed by atoms with Crippen molar-refractivity contribution in [1.29, 1.82) is 0 Å². The van der Waals surface area contributed by atoms with Crippen LogP contribution in [-0.2, 0) is 6.42 Å². The lowest BCUT2D eigenvalue weighted by atomic mass is 10.0. The highest BCUT2D eigenvalue weighted by Crippen LogP contribution is 2.36. The van der Waals surface area contributed by atoms with Crippen LogP contribution in [0.15, 0.2) is 16.6 Å². The van der Waals surface area contributed by atoms with Gasteiger partial charge in [0.15, 0.2) is 11.5 Å². The first-order chi connectivity index (χ1) is 7.06. The van der Waals surface area contributed by atoms with E-state index >= 15 is 0 Å². The zero-order chi connectivity index (χ0) is 11.4. The number of hydrogen-bond acceptors (Lipinski definition) is 2. The van der Waals surface area contributed by atoms with Gasteiger partial charge < -0.3 is 9.84 Å². The number of benzene rings is 1. The second-order valence-electron chi connectivity index (χ2n) is 4.01. The number of ether oxygens (including phenoxy) is 1. The van der Waals surface area contributed by atoms with Crippen molar-refractivity contribution in [3.05, 3.63) is 22.2 Å². The van der Waals surface area contributed by atoms with Gasteiger partial charge in [-0.2, -0.15) is 0 Å². The molecule has 2 nitrogen and oxygen atoms in total. The Hall–Kier alpha value is -0.700. The second-order valence-corrected chi connectivity index (χ2v) is 4.86. The molecule has 0 saturated carbocycles. The molecule has 0 saturated heterocycles. The molecule has 0 radical (unpaired) electrons. The SMILES string of the molecule is COc1ccc(Br)c(CCC(C)C)c1O. The van der Waals surface area contributed by atoms with Crippen molar-refractivity contribution < 1.29 is 9.84 Å². The highest BCUT2D eigenvalue weighted by Gasteiger charge is 2.11. The Labute approximate surface area is 99.4 Å². The number of hydrogen-bond donors (Lipinski definition) is 1. The van der Waals surface area contributed by atoms with Crippen molar-refractivity contribution in [2.24, 2.45) is 5.92 Å². The van der Waals surface area contributed by atoms with Crippen molar-refractivity contribution >= 4 is 15.9 Å². The van der Waals surface area contributed by atoms with E-state index in [0.717, 1.165) is 22.9 Å². The number of aromatic hydroxyl groups is 1. The van der Waals surface area contributed by atoms with Crippen molar-refractivity contribution in [3.63, 3.8) is 0 Å². The van der Waals surface area contributed by atoms with E-state index in [4.69, 9.17) is 4.74 Å². The average molecular weight is 273 g/mol. The van der Waals surface area contributed by atoms with Crippen LogP contribution in [0, 0.1) is 5.92 Å². The molecule has 1 aromatic rings. The third-order valence-electron chi connectivity index (χ3n) is 2.38. The van der Waals surface area contributed by atoms with Crippen molar-refractivity contribution in [2.45, 2.75) is 26.7 Å². The van der Waals surface area contributed by atoms with Crippen molar-refractivity contribution in [1.82, 2.24) is 0 Å². The molecule has 0 aliphatic rings. The molecule has 0 aliphatic carbocycles. The normalized spacial score (nSPS) is 10.7. The minimum Gasteiger partial charge on any atom is -0.504 e. The second kappa shape index (κ2) is 5.40. The fraction of sp³-hybridized carbons (Fsp3) is 0.500. The van der Waals surface area contributed by atoms with Crippen LogP contribution < -0.4 is 4.74 Å². The third kappa shape index (κ3) is 3.13. The molecule has 1 N–H and O–H groups in total. The average Bonchev–Trinajstić information content (AvgIpc) is 2.17. The Morgan fingerprint density at radius 1 is 1.40 bits per heavy atom. The minimum absolute atomic E-state index is 0.257. The maximum atomic E-state index is 9.93. The summed E-state index contributed by atoms with van der Waals surface area (Å²) in [6, 6.07) is 3.67. The maximum Gasteiger partial charge on any atom is 0.162 e. The summed E-state index contributed by atoms with van der Waals surface area (Å²) in [6.07, 6.45) is 1.92. The fourth-order valence-electron chi connectivity index (χ4n) is 1.43. The van der Waals surface area contributed by atoms with Crippen LogP contribution >= 0.6 is 15.9 Å². The van der Waals surface area contributed by atoms with Gasteiger partial charge in [-0.3, -0.25) is 0 Å². The van der Waals surface area contributed by atoms with Crippen LogP contribution in [0.4, 0.5) is 0 Å². The summed E-state index contributed by atoms with van der Waals surface area (Å²) in [5.74, 6) is 1.42. The van der Waals surface area contributed by atoms with Crippen molar-refractivity contribution in [3.8, 4) is 11.5 Å². The summed E-state index contributed by atoms with van der Waals surface area (Å²) in [5, 5.41) is 9.93. The van der Waals surface area contributed by atoms with Gasteiger partial charge in [0.05, 0.1) is 7.11 Å². The molecule has 1 rings (SSSR count). The van der Waals surface area contributed by atoms with Gasteiger partial charge in [0.2, 0.25) is 0 Å². The van der Waals surface area contributed by atoms with Crippen LogP contribution in [0.1, 0.15) is 25.8 Å². The molecule has 0 atom stereocenters. The number of halogens is 1. The first-order valence-electron chi connectivity index (χ1n) is 5.10. The predicted molar refractivity (Wildman–Crippen MR) is 65.5 cm³/mol. The van der Waals surface area contributed by atoms with Gasteiger partial charge >= 0.3 is 0 Å². The first kappa shape index (κ1) is 12.4. The van der Waals surface area contributed by atoms with E-state index in [-0.39, 0.29) is 5.75 Å². The zero-order valence-corrected chi connectivity index (χ0v) is 11.0. The van der Waals surface area contributed by atoms with Crippen LogP contribution in [0.25, 0.3) is 0 Å². The molecule has 0 unspecified atom stereocenters. The summed E-state index contributed by atoms with van der Waals surface area (Å²) < 4.78 is 6.02. The van der Waals surface area contributed by atoms with Gasteiger partial charge in [-0.05, 0) is 30.9 Å². The molecule has 0 fully saturated rings. The monoisotopic (exact) mass is 272 g/mol. The van der Waals surface area contributed by atoms with Crippen LogP contribution in [0.2, 0.25) is 0 Å². The van der Waals surface area contributed by atoms with Gasteiger partial charge in [-0.1, -0.05) is 29.8 Å². The van der Waals surface area contributed by atoms with E-state index < -0.39 is 0 Å². The fourth-order valence-corrected chi connectivity index (χ4v) is 1.94. The van der Waals surface area contributed by atoms with E-state index in [9.17, 15) is 5.11 Å². The van der Waals surface area contributed by atoms with Gasteiger partial charge in [0.25, 0.3) is 0 Å². The van der Waals surface area contributed by atoms with E-state index in [1.807, 2.05) is 6.07 Å². The maximum absolute atomic E-state index is 9.93. The molecule has 0 heterocycles. The molecule has 0 aromatic heterocycles. The molecule has 1 aromatic carbocycles. The third-order valence-corrected chi connectivity index (χ3v) is 3.12. The molecular formula is C12H17BrO2. The Bertz CT molecular complexity index is 335. The minimum atomic E-state index is 0.257. The molecule has 0 spiro atoms. The Morgan fingerprint density at radius 2 is 2.07 bits per heavy atom. The zero-order valence-electron chi connectivity index (χ0n) is 9.38. The molecule has 0 bridgehead atoms.